The van der Waals surface area contributed by atoms with E-state index in [1.165, 1.54) is 0 Å². The molecule has 7 nitrogen and oxygen atoms in total. The van der Waals surface area contributed by atoms with Gasteiger partial charge in [-0.25, -0.2) is 4.90 Å². The highest BCUT2D eigenvalue weighted by molar-refractivity contribution is 6.53. The van der Waals surface area contributed by atoms with E-state index in [1.54, 1.807) is 42.5 Å². The number of rotatable bonds is 10. The molecule has 0 unspecified atom stereocenters. The molecule has 4 rings (SSSR count). The minimum atomic E-state index is -0.604. The van der Waals surface area contributed by atoms with Crippen LogP contribution in [-0.4, -0.2) is 24.3 Å². The highest BCUT2D eigenvalue weighted by Gasteiger charge is 2.39. The van der Waals surface area contributed by atoms with E-state index in [2.05, 4.69) is 17.6 Å². The van der Waals surface area contributed by atoms with Crippen molar-refractivity contribution in [3.05, 3.63) is 94.1 Å². The Bertz CT molecular complexity index is 1380. The number of benzene rings is 3. The Kier molecular flexibility index (Phi) is 8.48. The average molecular weight is 532 g/mol. The molecule has 38 heavy (non-hydrogen) atoms. The van der Waals surface area contributed by atoms with Gasteiger partial charge in [0.15, 0.2) is 0 Å². The first kappa shape index (κ1) is 26.9. The van der Waals surface area contributed by atoms with Gasteiger partial charge in [-0.05, 0) is 74.4 Å². The molecule has 0 aromatic heterocycles. The number of hydrogen-bond acceptors (Lipinski definition) is 5. The van der Waals surface area contributed by atoms with E-state index >= 15 is 0 Å². The van der Waals surface area contributed by atoms with Crippen LogP contribution in [0, 0.1) is 13.8 Å². The van der Waals surface area contributed by atoms with Crippen LogP contribution >= 0.6 is 11.6 Å². The standard InChI is InChI=1S/C30H30ClN3O4/c1-4-5-6-17-38-24-15-11-22(12-16-24)32-28(35)21-10-9-20(3)25(18-21)33-27-26(31)29(36)34(30(27)37)23-13-7-19(2)8-14-23/h7-16,18,33H,4-6,17H2,1-3H3,(H,32,35). The Morgan fingerprint density at radius 2 is 1.63 bits per heavy atom. The second kappa shape index (κ2) is 12.0. The number of unbranched alkanes of at least 4 members (excludes halogenated alkanes) is 2. The van der Waals surface area contributed by atoms with Gasteiger partial charge < -0.3 is 15.4 Å². The van der Waals surface area contributed by atoms with Crippen molar-refractivity contribution in [1.82, 2.24) is 0 Å². The lowest BCUT2D eigenvalue weighted by Gasteiger charge is -2.16. The maximum absolute atomic E-state index is 13.1. The summed E-state index contributed by atoms with van der Waals surface area (Å²) in [7, 11) is 0. The molecular formula is C30H30ClN3O4. The molecule has 0 fully saturated rings. The number of halogens is 1. The summed E-state index contributed by atoms with van der Waals surface area (Å²) in [5.41, 5.74) is 3.67. The zero-order chi connectivity index (χ0) is 27.2. The molecule has 0 bridgehead atoms. The zero-order valence-electron chi connectivity index (χ0n) is 21.6. The number of aryl methyl sites for hydroxylation is 2. The average Bonchev–Trinajstić information content (AvgIpc) is 3.12. The highest BCUT2D eigenvalue weighted by Crippen LogP contribution is 2.31. The van der Waals surface area contributed by atoms with Crippen LogP contribution in [0.1, 0.15) is 47.7 Å². The summed E-state index contributed by atoms with van der Waals surface area (Å²) in [5, 5.41) is 5.65. The molecule has 1 heterocycles. The Morgan fingerprint density at radius 3 is 2.32 bits per heavy atom. The molecule has 1 aliphatic rings. The molecular weight excluding hydrogens is 502 g/mol. The zero-order valence-corrected chi connectivity index (χ0v) is 22.4. The molecule has 0 saturated carbocycles. The summed E-state index contributed by atoms with van der Waals surface area (Å²) in [5.74, 6) is -0.733. The molecule has 0 spiro atoms. The highest BCUT2D eigenvalue weighted by atomic mass is 35.5. The second-order valence-electron chi connectivity index (χ2n) is 9.16. The van der Waals surface area contributed by atoms with E-state index in [0.717, 1.165) is 41.0 Å². The summed E-state index contributed by atoms with van der Waals surface area (Å²) in [6.07, 6.45) is 3.26. The molecule has 8 heteroatoms. The van der Waals surface area contributed by atoms with Crippen molar-refractivity contribution < 1.29 is 19.1 Å². The van der Waals surface area contributed by atoms with E-state index in [1.807, 2.05) is 38.1 Å². The third-order valence-corrected chi connectivity index (χ3v) is 6.56. The van der Waals surface area contributed by atoms with Crippen molar-refractivity contribution >= 4 is 46.4 Å². The summed E-state index contributed by atoms with van der Waals surface area (Å²) in [6.45, 7) is 6.56. The van der Waals surface area contributed by atoms with Crippen LogP contribution in [-0.2, 0) is 9.59 Å². The van der Waals surface area contributed by atoms with Gasteiger partial charge in [-0.3, -0.25) is 14.4 Å². The first-order chi connectivity index (χ1) is 18.3. The third kappa shape index (κ3) is 6.06. The minimum absolute atomic E-state index is 0.0348. The Morgan fingerprint density at radius 1 is 0.921 bits per heavy atom. The lowest BCUT2D eigenvalue weighted by Crippen LogP contribution is -2.32. The first-order valence-corrected chi connectivity index (χ1v) is 12.9. The van der Waals surface area contributed by atoms with Crippen molar-refractivity contribution in [2.45, 2.75) is 40.0 Å². The number of amides is 3. The molecule has 0 saturated heterocycles. The van der Waals surface area contributed by atoms with Crippen molar-refractivity contribution in [2.75, 3.05) is 22.1 Å². The maximum atomic E-state index is 13.1. The molecule has 3 amide bonds. The molecule has 3 aromatic carbocycles. The number of nitrogens with zero attached hydrogens (tertiary/aromatic N) is 1. The fraction of sp³-hybridized carbons (Fsp3) is 0.233. The van der Waals surface area contributed by atoms with Crippen molar-refractivity contribution in [2.24, 2.45) is 0 Å². The molecule has 2 N–H and O–H groups in total. The number of imide groups is 1. The number of nitrogens with one attached hydrogen (secondary N) is 2. The van der Waals surface area contributed by atoms with Gasteiger partial charge in [0.25, 0.3) is 17.7 Å². The van der Waals surface area contributed by atoms with E-state index in [0.29, 0.717) is 29.2 Å². The monoisotopic (exact) mass is 531 g/mol. The summed E-state index contributed by atoms with van der Waals surface area (Å²) in [4.78, 5) is 39.9. The predicted octanol–water partition coefficient (Wildman–Crippen LogP) is 6.56. The van der Waals surface area contributed by atoms with Gasteiger partial charge in [-0.2, -0.15) is 0 Å². The van der Waals surface area contributed by atoms with Crippen LogP contribution in [0.2, 0.25) is 0 Å². The SMILES string of the molecule is CCCCCOc1ccc(NC(=O)c2ccc(C)c(NC3=C(Cl)C(=O)N(c4ccc(C)cc4)C3=O)c2)cc1. The largest absolute Gasteiger partial charge is 0.494 e. The number of hydrogen-bond donors (Lipinski definition) is 2. The Labute approximate surface area is 227 Å². The Hall–Kier alpha value is -4.10. The van der Waals surface area contributed by atoms with Crippen LogP contribution in [0.5, 0.6) is 5.75 Å². The van der Waals surface area contributed by atoms with Crippen LogP contribution < -0.4 is 20.3 Å². The summed E-state index contributed by atoms with van der Waals surface area (Å²) < 4.78 is 5.72. The van der Waals surface area contributed by atoms with Crippen molar-refractivity contribution in [1.29, 1.82) is 0 Å². The van der Waals surface area contributed by atoms with E-state index in [4.69, 9.17) is 16.3 Å². The van der Waals surface area contributed by atoms with Crippen molar-refractivity contribution in [3.63, 3.8) is 0 Å². The molecule has 1 aliphatic heterocycles. The third-order valence-electron chi connectivity index (χ3n) is 6.21. The second-order valence-corrected chi connectivity index (χ2v) is 9.54. The van der Waals surface area contributed by atoms with Gasteiger partial charge in [0.05, 0.1) is 12.3 Å². The van der Waals surface area contributed by atoms with Gasteiger partial charge in [0, 0.05) is 16.9 Å². The van der Waals surface area contributed by atoms with Gasteiger partial charge in [-0.15, -0.1) is 0 Å². The maximum Gasteiger partial charge on any atom is 0.283 e. The normalized spacial score (nSPS) is 13.2. The number of carbonyl (C=O) groups excluding carboxylic acids is 3. The lowest BCUT2D eigenvalue weighted by molar-refractivity contribution is -0.120. The van der Waals surface area contributed by atoms with E-state index in [-0.39, 0.29) is 16.6 Å². The van der Waals surface area contributed by atoms with E-state index in [9.17, 15) is 14.4 Å². The number of ether oxygens (including phenoxy) is 1. The van der Waals surface area contributed by atoms with Crippen LogP contribution in [0.4, 0.5) is 17.1 Å². The van der Waals surface area contributed by atoms with Gasteiger partial charge in [0.1, 0.15) is 16.5 Å². The number of carbonyl (C=O) groups is 3. The smallest absolute Gasteiger partial charge is 0.283 e. The van der Waals surface area contributed by atoms with E-state index < -0.39 is 11.8 Å². The Balaban J connectivity index is 1.45. The van der Waals surface area contributed by atoms with Gasteiger partial charge in [0.2, 0.25) is 0 Å². The number of anilines is 3. The molecule has 3 aromatic rings. The lowest BCUT2D eigenvalue weighted by atomic mass is 10.1. The fourth-order valence-corrected chi connectivity index (χ4v) is 4.16. The quantitative estimate of drug-likeness (QED) is 0.228. The van der Waals surface area contributed by atoms with Gasteiger partial charge >= 0.3 is 0 Å². The molecule has 196 valence electrons. The van der Waals surface area contributed by atoms with Crippen LogP contribution in [0.15, 0.2) is 77.5 Å². The van der Waals surface area contributed by atoms with Gasteiger partial charge in [-0.1, -0.05) is 55.1 Å². The fourth-order valence-electron chi connectivity index (χ4n) is 3.95. The predicted molar refractivity (Wildman–Crippen MR) is 151 cm³/mol. The molecule has 0 aliphatic carbocycles. The molecule has 0 radical (unpaired) electrons. The summed E-state index contributed by atoms with van der Waals surface area (Å²) in [6, 6.07) is 19.3. The summed E-state index contributed by atoms with van der Waals surface area (Å²) >= 11 is 6.29. The van der Waals surface area contributed by atoms with Crippen LogP contribution in [0.3, 0.4) is 0 Å². The minimum Gasteiger partial charge on any atom is -0.494 e. The first-order valence-electron chi connectivity index (χ1n) is 12.6. The topological polar surface area (TPSA) is 87.7 Å². The molecule has 0 atom stereocenters. The van der Waals surface area contributed by atoms with Crippen LogP contribution in [0.25, 0.3) is 0 Å². The van der Waals surface area contributed by atoms with Crippen molar-refractivity contribution in [3.8, 4) is 5.75 Å².